The van der Waals surface area contributed by atoms with Crippen LogP contribution in [0.3, 0.4) is 0 Å². The fourth-order valence-corrected chi connectivity index (χ4v) is 4.55. The second kappa shape index (κ2) is 9.30. The van der Waals surface area contributed by atoms with Crippen LogP contribution in [-0.2, 0) is 11.2 Å². The van der Waals surface area contributed by atoms with Gasteiger partial charge in [0, 0.05) is 24.6 Å². The number of pyridine rings is 1. The molecule has 0 fully saturated rings. The minimum absolute atomic E-state index is 0.0163. The predicted octanol–water partition coefficient (Wildman–Crippen LogP) is 7.26. The Labute approximate surface area is 196 Å². The monoisotopic (exact) mass is 442 g/mol. The van der Waals surface area contributed by atoms with Gasteiger partial charge in [-0.05, 0) is 53.1 Å². The Morgan fingerprint density at radius 1 is 1.06 bits per heavy atom. The number of halogens is 1. The predicted molar refractivity (Wildman–Crippen MR) is 135 cm³/mol. The summed E-state index contributed by atoms with van der Waals surface area (Å²) in [5, 5.41) is 0. The molecule has 1 amide bonds. The van der Waals surface area contributed by atoms with E-state index in [2.05, 4.69) is 39.8 Å². The number of allylic oxidation sites excluding steroid dienone is 1. The van der Waals surface area contributed by atoms with Crippen molar-refractivity contribution in [1.82, 2.24) is 4.98 Å². The Bertz CT molecular complexity index is 1210. The topological polar surface area (TPSA) is 33.2 Å². The van der Waals surface area contributed by atoms with Gasteiger partial charge in [0.1, 0.15) is 5.82 Å². The Morgan fingerprint density at radius 2 is 1.76 bits per heavy atom. The van der Waals surface area contributed by atoms with Crippen molar-refractivity contribution in [2.45, 2.75) is 47.0 Å². The van der Waals surface area contributed by atoms with Gasteiger partial charge in [0.25, 0.3) is 0 Å². The highest BCUT2D eigenvalue weighted by molar-refractivity contribution is 5.98. The van der Waals surface area contributed by atoms with Crippen LogP contribution in [-0.4, -0.2) is 17.4 Å². The molecule has 1 aromatic heterocycles. The maximum absolute atomic E-state index is 13.8. The third-order valence-corrected chi connectivity index (χ3v) is 6.11. The van der Waals surface area contributed by atoms with Gasteiger partial charge in [-0.25, -0.2) is 4.39 Å². The zero-order valence-corrected chi connectivity index (χ0v) is 20.0. The quantitative estimate of drug-likeness (QED) is 0.426. The van der Waals surface area contributed by atoms with Crippen molar-refractivity contribution >= 4 is 17.7 Å². The normalized spacial score (nSPS) is 13.4. The molecule has 1 aliphatic rings. The number of anilines is 1. The number of hydrogen-bond donors (Lipinski definition) is 0. The SMILES string of the molecule is CC(=O)N1CCc2c(nc(C(C)C)c(/C=C/C(C)C)c2-c2ccc(F)cc2)-c2ccccc21. The van der Waals surface area contributed by atoms with Gasteiger partial charge in [0.2, 0.25) is 5.91 Å². The van der Waals surface area contributed by atoms with E-state index in [0.717, 1.165) is 44.9 Å². The third-order valence-electron chi connectivity index (χ3n) is 6.11. The van der Waals surface area contributed by atoms with E-state index in [1.165, 1.54) is 12.1 Å². The Morgan fingerprint density at radius 3 is 2.39 bits per heavy atom. The van der Waals surface area contributed by atoms with Crippen molar-refractivity contribution in [1.29, 1.82) is 0 Å². The van der Waals surface area contributed by atoms with Crippen LogP contribution < -0.4 is 4.90 Å². The summed E-state index contributed by atoms with van der Waals surface area (Å²) in [6.07, 6.45) is 5.03. The lowest BCUT2D eigenvalue weighted by molar-refractivity contribution is -0.116. The molecule has 170 valence electrons. The summed E-state index contributed by atoms with van der Waals surface area (Å²) >= 11 is 0. The van der Waals surface area contributed by atoms with Crippen molar-refractivity contribution in [3.05, 3.63) is 77.2 Å². The molecule has 0 saturated carbocycles. The highest BCUT2D eigenvalue weighted by atomic mass is 19.1. The molecule has 0 aliphatic carbocycles. The van der Waals surface area contributed by atoms with Crippen LogP contribution >= 0.6 is 0 Å². The first-order valence-electron chi connectivity index (χ1n) is 11.7. The van der Waals surface area contributed by atoms with Crippen LogP contribution in [0.4, 0.5) is 10.1 Å². The highest BCUT2D eigenvalue weighted by Gasteiger charge is 2.28. The average Bonchev–Trinajstić information content (AvgIpc) is 2.94. The number of para-hydroxylation sites is 1. The molecular formula is C29H31FN2O. The summed E-state index contributed by atoms with van der Waals surface area (Å²) in [4.78, 5) is 19.6. The maximum atomic E-state index is 13.8. The van der Waals surface area contributed by atoms with E-state index in [-0.39, 0.29) is 17.6 Å². The molecule has 33 heavy (non-hydrogen) atoms. The summed E-state index contributed by atoms with van der Waals surface area (Å²) < 4.78 is 13.8. The smallest absolute Gasteiger partial charge is 0.223 e. The molecule has 0 unspecified atom stereocenters. The number of fused-ring (bicyclic) bond motifs is 3. The molecule has 0 radical (unpaired) electrons. The van der Waals surface area contributed by atoms with E-state index in [1.807, 2.05) is 41.3 Å². The molecule has 0 N–H and O–H groups in total. The zero-order chi connectivity index (χ0) is 23.7. The van der Waals surface area contributed by atoms with Crippen LogP contribution in [0.25, 0.3) is 28.5 Å². The average molecular weight is 443 g/mol. The minimum Gasteiger partial charge on any atom is -0.312 e. The summed E-state index contributed by atoms with van der Waals surface area (Å²) in [5.74, 6) is 0.345. The van der Waals surface area contributed by atoms with Gasteiger partial charge < -0.3 is 4.90 Å². The van der Waals surface area contributed by atoms with Crippen molar-refractivity contribution in [3.8, 4) is 22.4 Å². The van der Waals surface area contributed by atoms with Crippen molar-refractivity contribution in [2.75, 3.05) is 11.4 Å². The minimum atomic E-state index is -0.254. The number of amides is 1. The molecule has 0 atom stereocenters. The highest BCUT2D eigenvalue weighted by Crippen LogP contribution is 2.43. The summed E-state index contributed by atoms with van der Waals surface area (Å²) in [5.41, 5.74) is 8.01. The fraction of sp³-hybridized carbons (Fsp3) is 0.310. The van der Waals surface area contributed by atoms with E-state index in [4.69, 9.17) is 4.98 Å². The molecule has 0 spiro atoms. The van der Waals surface area contributed by atoms with E-state index in [1.54, 1.807) is 6.92 Å². The van der Waals surface area contributed by atoms with Crippen LogP contribution in [0, 0.1) is 11.7 Å². The lowest BCUT2D eigenvalue weighted by Gasteiger charge is -2.21. The lowest BCUT2D eigenvalue weighted by Crippen LogP contribution is -2.30. The second-order valence-electron chi connectivity index (χ2n) is 9.32. The first-order valence-corrected chi connectivity index (χ1v) is 11.7. The van der Waals surface area contributed by atoms with Gasteiger partial charge in [-0.3, -0.25) is 9.78 Å². The van der Waals surface area contributed by atoms with Crippen molar-refractivity contribution in [2.24, 2.45) is 5.92 Å². The number of nitrogens with zero attached hydrogens (tertiary/aromatic N) is 2. The molecule has 0 bridgehead atoms. The summed E-state index contributed by atoms with van der Waals surface area (Å²) in [6, 6.07) is 14.7. The molecule has 3 aromatic rings. The Balaban J connectivity index is 2.11. The van der Waals surface area contributed by atoms with Crippen LogP contribution in [0.15, 0.2) is 54.6 Å². The van der Waals surface area contributed by atoms with E-state index < -0.39 is 0 Å². The molecule has 1 aliphatic heterocycles. The van der Waals surface area contributed by atoms with Crippen LogP contribution in [0.1, 0.15) is 57.4 Å². The van der Waals surface area contributed by atoms with Gasteiger partial charge in [0.05, 0.1) is 17.1 Å². The molecule has 3 nitrogen and oxygen atoms in total. The van der Waals surface area contributed by atoms with E-state index in [9.17, 15) is 9.18 Å². The molecule has 4 rings (SSSR count). The Hall–Kier alpha value is -3.27. The lowest BCUT2D eigenvalue weighted by atomic mass is 9.86. The van der Waals surface area contributed by atoms with Crippen LogP contribution in [0.2, 0.25) is 0 Å². The second-order valence-corrected chi connectivity index (χ2v) is 9.32. The van der Waals surface area contributed by atoms with Gasteiger partial charge in [-0.1, -0.05) is 70.2 Å². The van der Waals surface area contributed by atoms with E-state index in [0.29, 0.717) is 18.9 Å². The number of benzene rings is 2. The molecule has 0 saturated heterocycles. The first kappa shape index (κ1) is 22.9. The van der Waals surface area contributed by atoms with Crippen molar-refractivity contribution < 1.29 is 9.18 Å². The van der Waals surface area contributed by atoms with Crippen LogP contribution in [0.5, 0.6) is 0 Å². The number of carbonyl (C=O) groups excluding carboxylic acids is 1. The van der Waals surface area contributed by atoms with Gasteiger partial charge >= 0.3 is 0 Å². The molecule has 2 heterocycles. The van der Waals surface area contributed by atoms with E-state index >= 15 is 0 Å². The van der Waals surface area contributed by atoms with Crippen molar-refractivity contribution in [3.63, 3.8) is 0 Å². The third kappa shape index (κ3) is 4.47. The van der Waals surface area contributed by atoms with Gasteiger partial charge in [-0.15, -0.1) is 0 Å². The van der Waals surface area contributed by atoms with Gasteiger partial charge in [-0.2, -0.15) is 0 Å². The largest absolute Gasteiger partial charge is 0.312 e. The maximum Gasteiger partial charge on any atom is 0.223 e. The molecular weight excluding hydrogens is 411 g/mol. The fourth-order valence-electron chi connectivity index (χ4n) is 4.55. The number of carbonyl (C=O) groups is 1. The molecule has 4 heteroatoms. The van der Waals surface area contributed by atoms with Gasteiger partial charge in [0.15, 0.2) is 0 Å². The summed E-state index contributed by atoms with van der Waals surface area (Å²) in [7, 11) is 0. The number of hydrogen-bond acceptors (Lipinski definition) is 2. The number of rotatable bonds is 4. The zero-order valence-electron chi connectivity index (χ0n) is 20.0. The number of aromatic nitrogens is 1. The Kier molecular flexibility index (Phi) is 6.46. The summed E-state index contributed by atoms with van der Waals surface area (Å²) in [6.45, 7) is 10.8. The standard InChI is InChI=1S/C29H31FN2O/c1-18(2)10-15-24-27(21-11-13-22(30)14-12-21)25-16-17-32(20(5)33)26-9-7-6-8-23(26)29(25)31-28(24)19(3)4/h6-15,18-19H,16-17H2,1-5H3/b15-10+. The molecule has 2 aromatic carbocycles. The first-order chi connectivity index (χ1) is 15.8.